The number of likely N-dealkylation sites (N-methyl/N-ethyl adjacent to an activating group) is 1. The van der Waals surface area contributed by atoms with Crippen LogP contribution in [0.4, 0.5) is 10.1 Å². The molecule has 160 valence electrons. The number of aromatic nitrogens is 1. The van der Waals surface area contributed by atoms with Crippen LogP contribution in [0.5, 0.6) is 0 Å². The lowest BCUT2D eigenvalue weighted by Crippen LogP contribution is -2.33. The Morgan fingerprint density at radius 2 is 2.23 bits per heavy atom. The van der Waals surface area contributed by atoms with Crippen molar-refractivity contribution in [2.24, 2.45) is 0 Å². The molecule has 3 unspecified atom stereocenters. The predicted molar refractivity (Wildman–Crippen MR) is 116 cm³/mol. The minimum Gasteiger partial charge on any atom is -0.462 e. The standard InChI is InChI=1S/C22H26FN3O3S/c1-4-29-22(28)17-20(27)15-9-16(23)19-14(18(15)26-11(2)30-21(17)26)7-5-6-13-8-12(24-3)10-25(13)19/h9,11-13,24H,4-8,10H2,1-3H3. The Labute approximate surface area is 178 Å². The highest BCUT2D eigenvalue weighted by molar-refractivity contribution is 8.00. The highest BCUT2D eigenvalue weighted by Crippen LogP contribution is 2.49. The summed E-state index contributed by atoms with van der Waals surface area (Å²) < 4.78 is 22.7. The Hall–Kier alpha value is -2.06. The molecule has 6 nitrogen and oxygen atoms in total. The van der Waals surface area contributed by atoms with Crippen LogP contribution in [0.25, 0.3) is 10.9 Å². The second-order valence-electron chi connectivity index (χ2n) is 8.32. The van der Waals surface area contributed by atoms with E-state index in [2.05, 4.69) is 10.2 Å². The third-order valence-corrected chi connectivity index (χ3v) is 7.84. The van der Waals surface area contributed by atoms with E-state index < -0.39 is 11.4 Å². The van der Waals surface area contributed by atoms with Gasteiger partial charge in [-0.25, -0.2) is 9.18 Å². The van der Waals surface area contributed by atoms with E-state index in [0.29, 0.717) is 22.8 Å². The molecule has 1 aromatic heterocycles. The number of anilines is 1. The molecule has 3 atom stereocenters. The molecule has 5 rings (SSSR count). The van der Waals surface area contributed by atoms with Crippen LogP contribution in [0.2, 0.25) is 0 Å². The van der Waals surface area contributed by atoms with Crippen molar-refractivity contribution in [2.75, 3.05) is 25.1 Å². The maximum atomic E-state index is 15.5. The van der Waals surface area contributed by atoms with Gasteiger partial charge in [-0.2, -0.15) is 0 Å². The third kappa shape index (κ3) is 2.73. The molecular formula is C22H26FN3O3S. The van der Waals surface area contributed by atoms with Gasteiger partial charge in [-0.3, -0.25) is 4.79 Å². The topological polar surface area (TPSA) is 63.6 Å². The molecule has 0 amide bonds. The van der Waals surface area contributed by atoms with E-state index in [1.165, 1.54) is 17.8 Å². The summed E-state index contributed by atoms with van der Waals surface area (Å²) >= 11 is 1.49. The zero-order valence-corrected chi connectivity index (χ0v) is 18.3. The number of hydrogen-bond acceptors (Lipinski definition) is 6. The first kappa shape index (κ1) is 19.9. The molecule has 0 saturated carbocycles. The van der Waals surface area contributed by atoms with Gasteiger partial charge >= 0.3 is 5.97 Å². The summed E-state index contributed by atoms with van der Waals surface area (Å²) in [5.74, 6) is -0.993. The van der Waals surface area contributed by atoms with Crippen LogP contribution in [0.15, 0.2) is 15.9 Å². The summed E-state index contributed by atoms with van der Waals surface area (Å²) in [4.78, 5) is 28.0. The number of esters is 1. The quantitative estimate of drug-likeness (QED) is 0.751. The minimum absolute atomic E-state index is 0.0368. The van der Waals surface area contributed by atoms with Crippen molar-refractivity contribution in [3.8, 4) is 0 Å². The average Bonchev–Trinajstić information content (AvgIpc) is 3.02. The first-order chi connectivity index (χ1) is 14.5. The Morgan fingerprint density at radius 3 is 2.93 bits per heavy atom. The van der Waals surface area contributed by atoms with Crippen molar-refractivity contribution in [3.05, 3.63) is 33.2 Å². The van der Waals surface area contributed by atoms with Gasteiger partial charge in [-0.05, 0) is 52.6 Å². The number of benzene rings is 1. The maximum Gasteiger partial charge on any atom is 0.344 e. The normalized spacial score (nSPS) is 24.7. The summed E-state index contributed by atoms with van der Waals surface area (Å²) in [6.07, 6.45) is 3.69. The Balaban J connectivity index is 1.79. The number of carbonyl (C=O) groups excluding carboxylic acids is 1. The SMILES string of the molecule is CCOC(=O)c1c2n(c3c4c(c(F)cc3c1=O)N1CC(NC)CC1CCC4)C(C)S2. The number of pyridine rings is 1. The second kappa shape index (κ2) is 7.27. The smallest absolute Gasteiger partial charge is 0.344 e. The van der Waals surface area contributed by atoms with Gasteiger partial charge in [-0.1, -0.05) is 11.8 Å². The van der Waals surface area contributed by atoms with Crippen molar-refractivity contribution in [3.63, 3.8) is 0 Å². The zero-order chi connectivity index (χ0) is 21.2. The third-order valence-electron chi connectivity index (χ3n) is 6.67. The van der Waals surface area contributed by atoms with E-state index in [-0.39, 0.29) is 28.7 Å². The molecule has 1 aromatic carbocycles. The minimum atomic E-state index is -0.626. The number of hydrogen-bond donors (Lipinski definition) is 1. The van der Waals surface area contributed by atoms with Crippen molar-refractivity contribution in [1.82, 2.24) is 9.88 Å². The highest BCUT2D eigenvalue weighted by atomic mass is 32.2. The molecular weight excluding hydrogens is 405 g/mol. The monoisotopic (exact) mass is 431 g/mol. The van der Waals surface area contributed by atoms with Gasteiger partial charge in [0.05, 0.1) is 33.6 Å². The number of rotatable bonds is 3. The molecule has 2 aromatic rings. The van der Waals surface area contributed by atoms with E-state index in [1.54, 1.807) is 6.92 Å². The largest absolute Gasteiger partial charge is 0.462 e. The summed E-state index contributed by atoms with van der Waals surface area (Å²) in [5, 5.41) is 4.34. The van der Waals surface area contributed by atoms with E-state index in [1.807, 2.05) is 18.5 Å². The van der Waals surface area contributed by atoms with Gasteiger partial charge in [0.2, 0.25) is 5.43 Å². The molecule has 3 aliphatic rings. The summed E-state index contributed by atoms with van der Waals surface area (Å²) in [6, 6.07) is 1.99. The summed E-state index contributed by atoms with van der Waals surface area (Å²) in [5.41, 5.74) is 1.95. The van der Waals surface area contributed by atoms with Crippen molar-refractivity contribution >= 4 is 34.3 Å². The number of fused-ring (bicyclic) bond motifs is 7. The maximum absolute atomic E-state index is 15.5. The van der Waals surface area contributed by atoms with Crippen LogP contribution >= 0.6 is 11.8 Å². The molecule has 8 heteroatoms. The average molecular weight is 432 g/mol. The number of ether oxygens (including phenoxy) is 1. The first-order valence-electron chi connectivity index (χ1n) is 10.7. The Morgan fingerprint density at radius 1 is 1.43 bits per heavy atom. The van der Waals surface area contributed by atoms with Crippen LogP contribution in [-0.2, 0) is 11.2 Å². The summed E-state index contributed by atoms with van der Waals surface area (Å²) in [7, 11) is 1.95. The molecule has 0 spiro atoms. The number of nitrogens with one attached hydrogen (secondary N) is 1. The fraction of sp³-hybridized carbons (Fsp3) is 0.545. The van der Waals surface area contributed by atoms with Gasteiger partial charge in [0.25, 0.3) is 0 Å². The van der Waals surface area contributed by atoms with Crippen LogP contribution in [0.1, 0.15) is 54.4 Å². The van der Waals surface area contributed by atoms with E-state index in [0.717, 1.165) is 43.3 Å². The van der Waals surface area contributed by atoms with Crippen molar-refractivity contribution in [2.45, 2.75) is 62.0 Å². The fourth-order valence-corrected chi connectivity index (χ4v) is 6.47. The molecule has 1 N–H and O–H groups in total. The number of nitrogens with zero attached hydrogens (tertiary/aromatic N) is 2. The number of aryl methyl sites for hydroxylation is 1. The molecule has 0 radical (unpaired) electrons. The van der Waals surface area contributed by atoms with Crippen molar-refractivity contribution in [1.29, 1.82) is 0 Å². The number of halogens is 1. The second-order valence-corrected chi connectivity index (χ2v) is 9.62. The van der Waals surface area contributed by atoms with Gasteiger partial charge in [0.15, 0.2) is 0 Å². The molecule has 30 heavy (non-hydrogen) atoms. The van der Waals surface area contributed by atoms with Crippen LogP contribution in [0.3, 0.4) is 0 Å². The lowest BCUT2D eigenvalue weighted by molar-refractivity contribution is 0.0518. The summed E-state index contributed by atoms with van der Waals surface area (Å²) in [6.45, 7) is 4.71. The van der Waals surface area contributed by atoms with Gasteiger partial charge in [-0.15, -0.1) is 0 Å². The van der Waals surface area contributed by atoms with Crippen molar-refractivity contribution < 1.29 is 13.9 Å². The zero-order valence-electron chi connectivity index (χ0n) is 17.5. The number of carbonyl (C=O) groups is 1. The van der Waals surface area contributed by atoms with Gasteiger partial charge < -0.3 is 19.5 Å². The van der Waals surface area contributed by atoms with Gasteiger partial charge in [0, 0.05) is 24.2 Å². The molecule has 0 aliphatic carbocycles. The molecule has 3 aliphatic heterocycles. The Bertz CT molecular complexity index is 1120. The van der Waals surface area contributed by atoms with E-state index >= 15 is 4.39 Å². The fourth-order valence-electron chi connectivity index (χ4n) is 5.33. The highest BCUT2D eigenvalue weighted by Gasteiger charge is 2.39. The van der Waals surface area contributed by atoms with Crippen LogP contribution < -0.4 is 15.6 Å². The lowest BCUT2D eigenvalue weighted by Gasteiger charge is -2.35. The molecule has 0 bridgehead atoms. The first-order valence-corrected chi connectivity index (χ1v) is 11.5. The molecule has 1 saturated heterocycles. The van der Waals surface area contributed by atoms with Crippen LogP contribution in [-0.4, -0.2) is 42.8 Å². The van der Waals surface area contributed by atoms with Crippen LogP contribution in [0, 0.1) is 5.82 Å². The predicted octanol–water partition coefficient (Wildman–Crippen LogP) is 3.44. The molecule has 4 heterocycles. The Kier molecular flexibility index (Phi) is 4.82. The lowest BCUT2D eigenvalue weighted by atomic mass is 9.99. The van der Waals surface area contributed by atoms with Gasteiger partial charge in [0.1, 0.15) is 11.4 Å². The molecule has 1 fully saturated rings. The number of thioether (sulfide) groups is 1. The van der Waals surface area contributed by atoms with E-state index in [9.17, 15) is 9.59 Å². The van der Waals surface area contributed by atoms with E-state index in [4.69, 9.17) is 4.74 Å².